The van der Waals surface area contributed by atoms with Gasteiger partial charge in [0.2, 0.25) is 11.4 Å². The summed E-state index contributed by atoms with van der Waals surface area (Å²) < 4.78 is -3.56. The van der Waals surface area contributed by atoms with E-state index in [4.69, 9.17) is 46.4 Å². The summed E-state index contributed by atoms with van der Waals surface area (Å²) in [5.41, 5.74) is 0.843. The van der Waals surface area contributed by atoms with Gasteiger partial charge in [0.05, 0.1) is 0 Å². The summed E-state index contributed by atoms with van der Waals surface area (Å²) in [4.78, 5) is 8.18. The number of hydrogen-bond donors (Lipinski definition) is 4. The zero-order chi connectivity index (χ0) is 16.2. The minimum atomic E-state index is -2.39. The molecule has 3 rings (SSSR count). The molecule has 0 aromatic carbocycles. The van der Waals surface area contributed by atoms with E-state index in [0.717, 1.165) is 0 Å². The normalized spacial score (nSPS) is 36.0. The molecular weight excluding hydrogens is 374 g/mol. The van der Waals surface area contributed by atoms with Gasteiger partial charge in [-0.05, 0) is 25.0 Å². The largest absolute Gasteiger partial charge is 0.367 e. The zero-order valence-electron chi connectivity index (χ0n) is 11.0. The number of halogens is 4. The van der Waals surface area contributed by atoms with Crippen molar-refractivity contribution in [3.05, 3.63) is 30.1 Å². The van der Waals surface area contributed by atoms with Gasteiger partial charge in [0, 0.05) is 6.20 Å². The number of aliphatic hydroxyl groups is 2. The van der Waals surface area contributed by atoms with Crippen LogP contribution in [0, 0.1) is 0 Å². The third-order valence-corrected chi connectivity index (χ3v) is 5.67. The van der Waals surface area contributed by atoms with Crippen LogP contribution in [0.4, 0.5) is 0 Å². The molecule has 120 valence electrons. The van der Waals surface area contributed by atoms with Crippen molar-refractivity contribution in [2.24, 2.45) is 4.99 Å². The lowest BCUT2D eigenvalue weighted by atomic mass is 9.81. The van der Waals surface area contributed by atoms with Crippen LogP contribution < -0.4 is 10.9 Å². The Bertz CT molecular complexity index is 627. The van der Waals surface area contributed by atoms with Gasteiger partial charge in [-0.2, -0.15) is 5.43 Å². The number of hydrogen-bond acceptors (Lipinski definition) is 6. The fraction of sp³-hybridized carbons (Fsp3) is 0.500. The molecule has 0 amide bonds. The average molecular weight is 386 g/mol. The van der Waals surface area contributed by atoms with Crippen molar-refractivity contribution in [3.8, 4) is 0 Å². The number of pyridine rings is 1. The van der Waals surface area contributed by atoms with Gasteiger partial charge in [-0.25, -0.2) is 4.99 Å². The van der Waals surface area contributed by atoms with Gasteiger partial charge < -0.3 is 15.6 Å². The van der Waals surface area contributed by atoms with Gasteiger partial charge in [-0.15, -0.1) is 0 Å². The highest BCUT2D eigenvalue weighted by atomic mass is 35.5. The molecule has 1 saturated carbocycles. The maximum absolute atomic E-state index is 10.9. The summed E-state index contributed by atoms with van der Waals surface area (Å²) in [6.07, 6.45) is 1.63. The van der Waals surface area contributed by atoms with Crippen molar-refractivity contribution in [1.29, 1.82) is 0 Å². The van der Waals surface area contributed by atoms with E-state index in [1.54, 1.807) is 24.4 Å². The number of nitrogens with zero attached hydrogens (tertiary/aromatic N) is 2. The van der Waals surface area contributed by atoms with Crippen molar-refractivity contribution in [2.45, 2.75) is 33.0 Å². The smallest absolute Gasteiger partial charge is 0.239 e. The fourth-order valence-electron chi connectivity index (χ4n) is 2.49. The molecule has 22 heavy (non-hydrogen) atoms. The number of hydrazine groups is 1. The first-order valence-electron chi connectivity index (χ1n) is 6.38. The zero-order valence-corrected chi connectivity index (χ0v) is 14.0. The quantitative estimate of drug-likeness (QED) is 0.549. The van der Waals surface area contributed by atoms with Gasteiger partial charge in [-0.3, -0.25) is 4.98 Å². The highest BCUT2D eigenvalue weighted by Crippen LogP contribution is 2.58. The van der Waals surface area contributed by atoms with Crippen LogP contribution in [0.1, 0.15) is 18.5 Å². The van der Waals surface area contributed by atoms with Crippen molar-refractivity contribution in [1.82, 2.24) is 15.8 Å². The van der Waals surface area contributed by atoms with Crippen LogP contribution in [0.5, 0.6) is 0 Å². The maximum atomic E-state index is 10.9. The second kappa shape index (κ2) is 5.08. The van der Waals surface area contributed by atoms with Crippen LogP contribution >= 0.6 is 46.4 Å². The second-order valence-electron chi connectivity index (χ2n) is 5.22. The molecule has 1 aliphatic carbocycles. The number of rotatable bonds is 1. The first kappa shape index (κ1) is 16.5. The Morgan fingerprint density at radius 3 is 2.36 bits per heavy atom. The monoisotopic (exact) mass is 384 g/mol. The van der Waals surface area contributed by atoms with E-state index in [9.17, 15) is 10.2 Å². The molecule has 0 spiro atoms. The summed E-state index contributed by atoms with van der Waals surface area (Å²) in [6, 6.07) is 5.12. The molecule has 0 radical (unpaired) electrons. The first-order chi connectivity index (χ1) is 10.1. The molecular formula is C12H12Cl4N4O2. The topological polar surface area (TPSA) is 89.8 Å². The molecule has 1 aromatic rings. The molecule has 2 heterocycles. The predicted molar refractivity (Wildman–Crippen MR) is 85.1 cm³/mol. The summed E-state index contributed by atoms with van der Waals surface area (Å²) >= 11 is 24.7. The van der Waals surface area contributed by atoms with Crippen LogP contribution in [-0.4, -0.2) is 41.1 Å². The summed E-state index contributed by atoms with van der Waals surface area (Å²) in [5, 5.41) is 21.7. The van der Waals surface area contributed by atoms with Crippen molar-refractivity contribution < 1.29 is 10.2 Å². The summed E-state index contributed by atoms with van der Waals surface area (Å²) in [5.74, 6) is 0.143. The Balaban J connectivity index is 2.15. The van der Waals surface area contributed by atoms with E-state index in [1.807, 2.05) is 0 Å². The Labute approximate surface area is 146 Å². The van der Waals surface area contributed by atoms with E-state index >= 15 is 0 Å². The lowest BCUT2D eigenvalue weighted by molar-refractivity contribution is -0.206. The van der Waals surface area contributed by atoms with Crippen LogP contribution in [-0.2, 0) is 0 Å². The number of amidine groups is 1. The van der Waals surface area contributed by atoms with E-state index in [1.165, 1.54) is 0 Å². The van der Waals surface area contributed by atoms with Crippen LogP contribution in [0.25, 0.3) is 0 Å². The molecule has 1 aromatic heterocycles. The van der Waals surface area contributed by atoms with Crippen molar-refractivity contribution in [2.75, 3.05) is 0 Å². The molecule has 0 unspecified atom stereocenters. The van der Waals surface area contributed by atoms with Crippen LogP contribution in [0.3, 0.4) is 0 Å². The number of aromatic nitrogens is 1. The molecule has 2 atom stereocenters. The molecule has 0 saturated heterocycles. The van der Waals surface area contributed by atoms with Crippen LogP contribution in [0.15, 0.2) is 29.4 Å². The maximum Gasteiger partial charge on any atom is 0.239 e. The molecule has 1 fully saturated rings. The third-order valence-electron chi connectivity index (χ3n) is 3.84. The predicted octanol–water partition coefficient (Wildman–Crippen LogP) is 1.45. The minimum absolute atomic E-state index is 0.0304. The molecule has 2 aliphatic rings. The summed E-state index contributed by atoms with van der Waals surface area (Å²) in [6.45, 7) is 0. The Morgan fingerprint density at radius 1 is 1.05 bits per heavy atom. The van der Waals surface area contributed by atoms with Gasteiger partial charge in [0.25, 0.3) is 0 Å². The molecule has 0 bridgehead atoms. The van der Waals surface area contributed by atoms with E-state index < -0.39 is 20.1 Å². The van der Waals surface area contributed by atoms with Crippen LogP contribution in [0.2, 0.25) is 0 Å². The number of alkyl halides is 4. The lowest BCUT2D eigenvalue weighted by Gasteiger charge is -2.57. The van der Waals surface area contributed by atoms with Crippen molar-refractivity contribution in [3.63, 3.8) is 0 Å². The number of aliphatic imine (C=N–C) groups is 1. The fourth-order valence-corrected chi connectivity index (χ4v) is 3.59. The SMILES string of the molecule is O[C@@]12NNC(c3ccccn3)=N[C@]1(O)C(Cl)(Cl)CCC2(Cl)Cl. The van der Waals surface area contributed by atoms with E-state index in [-0.39, 0.29) is 18.7 Å². The molecule has 6 nitrogen and oxygen atoms in total. The molecule has 4 N–H and O–H groups in total. The summed E-state index contributed by atoms with van der Waals surface area (Å²) in [7, 11) is 0. The highest BCUT2D eigenvalue weighted by Gasteiger charge is 2.74. The first-order valence-corrected chi connectivity index (χ1v) is 7.89. The van der Waals surface area contributed by atoms with Gasteiger partial charge in [0.1, 0.15) is 5.69 Å². The molecule has 10 heteroatoms. The number of nitrogens with one attached hydrogen (secondary N) is 2. The standard InChI is InChI=1S/C12H12Cl4N4O2/c13-9(14)4-5-10(15,16)12(22)11(9,21)18-8(19-20-12)7-3-1-2-6-17-7/h1-3,6,20-22H,4-5H2,(H,18,19)/t11-,12+/m0/s1. The van der Waals surface area contributed by atoms with Gasteiger partial charge in [-0.1, -0.05) is 52.5 Å². The van der Waals surface area contributed by atoms with Gasteiger partial charge in [0.15, 0.2) is 14.5 Å². The lowest BCUT2D eigenvalue weighted by Crippen LogP contribution is -2.82. The Hall–Kier alpha value is -0.340. The van der Waals surface area contributed by atoms with E-state index in [2.05, 4.69) is 20.8 Å². The minimum Gasteiger partial charge on any atom is -0.367 e. The highest BCUT2D eigenvalue weighted by molar-refractivity contribution is 6.52. The van der Waals surface area contributed by atoms with E-state index in [0.29, 0.717) is 5.69 Å². The third kappa shape index (κ3) is 2.13. The van der Waals surface area contributed by atoms with Gasteiger partial charge >= 0.3 is 0 Å². The Kier molecular flexibility index (Phi) is 3.81. The second-order valence-corrected chi connectivity index (χ2v) is 8.18. The number of fused-ring (bicyclic) bond motifs is 1. The van der Waals surface area contributed by atoms with Crippen molar-refractivity contribution >= 4 is 52.2 Å². The molecule has 1 aliphatic heterocycles. The Morgan fingerprint density at radius 2 is 1.73 bits per heavy atom. The average Bonchev–Trinajstić information content (AvgIpc) is 2.48.